The first-order chi connectivity index (χ1) is 8.78. The maximum Gasteiger partial charge on any atom is 0.209 e. The van der Waals surface area contributed by atoms with E-state index in [1.54, 1.807) is 15.6 Å². The Hall–Kier alpha value is -1.63. The highest BCUT2D eigenvalue weighted by atomic mass is 79.9. The summed E-state index contributed by atoms with van der Waals surface area (Å²) in [6, 6.07) is 3.91. The Morgan fingerprint density at radius 3 is 2.72 bits per heavy atom. The molecule has 0 atom stereocenters. The minimum atomic E-state index is 0.744. The van der Waals surface area contributed by atoms with Gasteiger partial charge in [0.15, 0.2) is 5.65 Å². The molecule has 94 valence electrons. The second-order valence-electron chi connectivity index (χ2n) is 4.17. The Bertz CT molecular complexity index is 576. The first kappa shape index (κ1) is 11.5. The van der Waals surface area contributed by atoms with Crippen LogP contribution in [0, 0.1) is 0 Å². The third kappa shape index (κ3) is 1.94. The summed E-state index contributed by atoms with van der Waals surface area (Å²) in [6.45, 7) is 3.11. The SMILES string of the molecule is O=CN1CCN(c2ccc3ncc(Br)n3n2)CC1. The number of hydrogen-bond donors (Lipinski definition) is 0. The molecule has 0 aliphatic carbocycles. The lowest BCUT2D eigenvalue weighted by atomic mass is 10.3. The fourth-order valence-electron chi connectivity index (χ4n) is 2.06. The normalized spacial score (nSPS) is 16.3. The Morgan fingerprint density at radius 1 is 1.22 bits per heavy atom. The lowest BCUT2D eigenvalue weighted by Gasteiger charge is -2.33. The number of carbonyl (C=O) groups is 1. The van der Waals surface area contributed by atoms with Crippen molar-refractivity contribution in [1.82, 2.24) is 19.5 Å². The van der Waals surface area contributed by atoms with E-state index in [-0.39, 0.29) is 0 Å². The molecule has 0 aromatic carbocycles. The first-order valence-corrected chi connectivity index (χ1v) is 6.52. The Balaban J connectivity index is 1.86. The van der Waals surface area contributed by atoms with Crippen molar-refractivity contribution in [3.63, 3.8) is 0 Å². The summed E-state index contributed by atoms with van der Waals surface area (Å²) >= 11 is 3.41. The third-order valence-electron chi connectivity index (χ3n) is 3.09. The van der Waals surface area contributed by atoms with Crippen LogP contribution in [0.15, 0.2) is 22.9 Å². The lowest BCUT2D eigenvalue weighted by molar-refractivity contribution is -0.118. The average molecular weight is 310 g/mol. The fraction of sp³-hybridized carbons (Fsp3) is 0.364. The van der Waals surface area contributed by atoms with Crippen LogP contribution in [-0.2, 0) is 4.79 Å². The summed E-state index contributed by atoms with van der Waals surface area (Å²) in [6.07, 6.45) is 2.64. The van der Waals surface area contributed by atoms with Crippen molar-refractivity contribution in [2.45, 2.75) is 0 Å². The number of piperazine rings is 1. The molecule has 6 nitrogen and oxygen atoms in total. The van der Waals surface area contributed by atoms with Gasteiger partial charge < -0.3 is 9.80 Å². The van der Waals surface area contributed by atoms with Gasteiger partial charge in [0.05, 0.1) is 6.20 Å². The Morgan fingerprint density at radius 2 is 2.00 bits per heavy atom. The monoisotopic (exact) mass is 309 g/mol. The van der Waals surface area contributed by atoms with E-state index in [1.165, 1.54) is 0 Å². The highest BCUT2D eigenvalue weighted by molar-refractivity contribution is 9.10. The van der Waals surface area contributed by atoms with Gasteiger partial charge in [-0.25, -0.2) is 9.50 Å². The first-order valence-electron chi connectivity index (χ1n) is 5.72. The number of fused-ring (bicyclic) bond motifs is 1. The van der Waals surface area contributed by atoms with E-state index in [0.29, 0.717) is 0 Å². The van der Waals surface area contributed by atoms with Crippen molar-refractivity contribution >= 4 is 33.8 Å². The Kier molecular flexibility index (Phi) is 2.91. The standard InChI is InChI=1S/C11H12BrN5O/c12-9-7-13-10-1-2-11(14-17(9)10)16-5-3-15(8-18)4-6-16/h1-2,7-8H,3-6H2. The maximum absolute atomic E-state index is 10.7. The van der Waals surface area contributed by atoms with E-state index in [1.807, 2.05) is 12.1 Å². The molecule has 1 fully saturated rings. The smallest absolute Gasteiger partial charge is 0.209 e. The number of rotatable bonds is 2. The minimum Gasteiger partial charge on any atom is -0.352 e. The molecule has 0 radical (unpaired) electrons. The van der Waals surface area contributed by atoms with E-state index < -0.39 is 0 Å². The lowest BCUT2D eigenvalue weighted by Crippen LogP contribution is -2.46. The minimum absolute atomic E-state index is 0.744. The van der Waals surface area contributed by atoms with Gasteiger partial charge in [-0.15, -0.1) is 5.10 Å². The summed E-state index contributed by atoms with van der Waals surface area (Å²) in [5.41, 5.74) is 0.817. The summed E-state index contributed by atoms with van der Waals surface area (Å²) in [4.78, 5) is 18.8. The third-order valence-corrected chi connectivity index (χ3v) is 3.63. The van der Waals surface area contributed by atoms with Crippen LogP contribution in [0.3, 0.4) is 0 Å². The number of carbonyl (C=O) groups excluding carboxylic acids is 1. The molecule has 0 saturated carbocycles. The van der Waals surface area contributed by atoms with Crippen LogP contribution in [0.1, 0.15) is 0 Å². The molecule has 1 aliphatic heterocycles. The summed E-state index contributed by atoms with van der Waals surface area (Å²) in [7, 11) is 0. The number of anilines is 1. The molecule has 18 heavy (non-hydrogen) atoms. The number of hydrogen-bond acceptors (Lipinski definition) is 4. The van der Waals surface area contributed by atoms with Gasteiger partial charge in [0.1, 0.15) is 10.4 Å². The van der Waals surface area contributed by atoms with Gasteiger partial charge in [-0.1, -0.05) is 0 Å². The van der Waals surface area contributed by atoms with Gasteiger partial charge in [0, 0.05) is 26.2 Å². The van der Waals surface area contributed by atoms with E-state index in [2.05, 4.69) is 30.9 Å². The average Bonchev–Trinajstić information content (AvgIpc) is 2.80. The van der Waals surface area contributed by atoms with E-state index in [4.69, 9.17) is 0 Å². The quantitative estimate of drug-likeness (QED) is 0.769. The van der Waals surface area contributed by atoms with Gasteiger partial charge in [-0.05, 0) is 28.1 Å². The van der Waals surface area contributed by atoms with Crippen LogP contribution in [0.5, 0.6) is 0 Å². The van der Waals surface area contributed by atoms with Gasteiger partial charge >= 0.3 is 0 Å². The van der Waals surface area contributed by atoms with Crippen LogP contribution in [-0.4, -0.2) is 52.1 Å². The molecule has 3 heterocycles. The van der Waals surface area contributed by atoms with Crippen molar-refractivity contribution in [2.24, 2.45) is 0 Å². The molecule has 3 rings (SSSR count). The molecule has 1 saturated heterocycles. The van der Waals surface area contributed by atoms with Crippen LogP contribution in [0.25, 0.3) is 5.65 Å². The zero-order valence-electron chi connectivity index (χ0n) is 9.66. The molecule has 0 bridgehead atoms. The fourth-order valence-corrected chi connectivity index (χ4v) is 2.42. The second kappa shape index (κ2) is 4.56. The number of imidazole rings is 1. The van der Waals surface area contributed by atoms with Crippen LogP contribution >= 0.6 is 15.9 Å². The zero-order valence-corrected chi connectivity index (χ0v) is 11.2. The largest absolute Gasteiger partial charge is 0.352 e. The summed E-state index contributed by atoms with van der Waals surface area (Å²) in [5, 5.41) is 4.54. The van der Waals surface area contributed by atoms with Gasteiger partial charge in [0.25, 0.3) is 0 Å². The van der Waals surface area contributed by atoms with Crippen LogP contribution in [0.4, 0.5) is 5.82 Å². The topological polar surface area (TPSA) is 53.7 Å². The molecule has 1 aliphatic rings. The van der Waals surface area contributed by atoms with Gasteiger partial charge in [-0.3, -0.25) is 4.79 Å². The second-order valence-corrected chi connectivity index (χ2v) is 4.98. The highest BCUT2D eigenvalue weighted by Crippen LogP contribution is 2.17. The highest BCUT2D eigenvalue weighted by Gasteiger charge is 2.17. The number of nitrogens with zero attached hydrogens (tertiary/aromatic N) is 5. The maximum atomic E-state index is 10.7. The molecule has 0 unspecified atom stereocenters. The van der Waals surface area contributed by atoms with E-state index >= 15 is 0 Å². The predicted molar refractivity (Wildman–Crippen MR) is 70.5 cm³/mol. The van der Waals surface area contributed by atoms with Gasteiger partial charge in [0.2, 0.25) is 6.41 Å². The van der Waals surface area contributed by atoms with Crippen LogP contribution in [0.2, 0.25) is 0 Å². The van der Waals surface area contributed by atoms with Crippen molar-refractivity contribution in [3.05, 3.63) is 22.9 Å². The van der Waals surface area contributed by atoms with E-state index in [0.717, 1.165) is 48.7 Å². The van der Waals surface area contributed by atoms with Crippen molar-refractivity contribution in [1.29, 1.82) is 0 Å². The molecule has 0 N–H and O–H groups in total. The molecule has 2 aromatic heterocycles. The summed E-state index contributed by atoms with van der Waals surface area (Å²) in [5.74, 6) is 0.909. The van der Waals surface area contributed by atoms with Crippen molar-refractivity contribution in [3.8, 4) is 0 Å². The van der Waals surface area contributed by atoms with E-state index in [9.17, 15) is 4.79 Å². The predicted octanol–water partition coefficient (Wildman–Crippen LogP) is 0.770. The molecule has 0 spiro atoms. The number of aromatic nitrogens is 3. The molecular weight excluding hydrogens is 298 g/mol. The summed E-state index contributed by atoms with van der Waals surface area (Å²) < 4.78 is 2.60. The number of halogens is 1. The Labute approximate surface area is 112 Å². The molecular formula is C11H12BrN5O. The van der Waals surface area contributed by atoms with Crippen molar-refractivity contribution in [2.75, 3.05) is 31.1 Å². The van der Waals surface area contributed by atoms with Crippen molar-refractivity contribution < 1.29 is 4.79 Å². The molecule has 2 aromatic rings. The number of amides is 1. The van der Waals surface area contributed by atoms with Gasteiger partial charge in [-0.2, -0.15) is 0 Å². The zero-order chi connectivity index (χ0) is 12.5. The molecule has 7 heteroatoms. The molecule has 1 amide bonds. The van der Waals surface area contributed by atoms with Crippen LogP contribution < -0.4 is 4.90 Å².